The molecule has 0 bridgehead atoms. The molecule has 2 rings (SSSR count). The van der Waals surface area contributed by atoms with Crippen LogP contribution in [0.5, 0.6) is 0 Å². The largest absolute Gasteiger partial charge is 0.363 e. The Morgan fingerprint density at radius 3 is 3.00 bits per heavy atom. The summed E-state index contributed by atoms with van der Waals surface area (Å²) in [6.45, 7) is 2.05. The fourth-order valence-electron chi connectivity index (χ4n) is 1.40. The number of anilines is 1. The number of carbonyl (C=O) groups excluding carboxylic acids is 1. The molecule has 0 aliphatic heterocycles. The molecular formula is C12H12N2O2S. The van der Waals surface area contributed by atoms with Crippen molar-refractivity contribution in [3.63, 3.8) is 0 Å². The van der Waals surface area contributed by atoms with Gasteiger partial charge in [-0.3, -0.25) is 4.79 Å². The van der Waals surface area contributed by atoms with E-state index in [1.54, 1.807) is 17.8 Å². The van der Waals surface area contributed by atoms with Crippen LogP contribution in [0.2, 0.25) is 0 Å². The van der Waals surface area contributed by atoms with E-state index in [1.165, 1.54) is 12.5 Å². The van der Waals surface area contributed by atoms with Gasteiger partial charge in [0.1, 0.15) is 12.0 Å². The second-order valence-corrected chi connectivity index (χ2v) is 4.60. The average molecular weight is 248 g/mol. The molecule has 0 spiro atoms. The van der Waals surface area contributed by atoms with Gasteiger partial charge in [0.05, 0.1) is 11.8 Å². The molecule has 0 saturated carbocycles. The summed E-state index contributed by atoms with van der Waals surface area (Å²) in [7, 11) is 0. The third kappa shape index (κ3) is 2.88. The maximum absolute atomic E-state index is 12.0. The van der Waals surface area contributed by atoms with Crippen molar-refractivity contribution >= 4 is 23.4 Å². The Balaban J connectivity index is 2.18. The van der Waals surface area contributed by atoms with Crippen LogP contribution in [-0.2, 0) is 0 Å². The van der Waals surface area contributed by atoms with Crippen LogP contribution in [0.25, 0.3) is 0 Å². The van der Waals surface area contributed by atoms with Crippen LogP contribution in [0.1, 0.15) is 17.3 Å². The summed E-state index contributed by atoms with van der Waals surface area (Å²) >= 11 is 1.64. The zero-order valence-corrected chi connectivity index (χ0v) is 10.2. The Morgan fingerprint density at radius 2 is 2.29 bits per heavy atom. The molecule has 1 aromatic carbocycles. The number of benzene rings is 1. The van der Waals surface area contributed by atoms with Gasteiger partial charge in [-0.1, -0.05) is 24.2 Å². The Kier molecular flexibility index (Phi) is 3.82. The molecular weight excluding hydrogens is 236 g/mol. The summed E-state index contributed by atoms with van der Waals surface area (Å²) in [6.07, 6.45) is 2.86. The van der Waals surface area contributed by atoms with Crippen LogP contribution in [0, 0.1) is 0 Å². The van der Waals surface area contributed by atoms with Crippen molar-refractivity contribution in [2.75, 3.05) is 11.1 Å². The topological polar surface area (TPSA) is 55.1 Å². The first-order chi connectivity index (χ1) is 8.31. The van der Waals surface area contributed by atoms with Gasteiger partial charge in [0.2, 0.25) is 0 Å². The standard InChI is InChI=1S/C12H12N2O2S/c1-2-17-11-6-4-3-5-10(11)12(15)14-9-7-13-16-8-9/h3-8H,2H2,1H3,(H,14,15). The molecule has 0 aliphatic carbocycles. The number of nitrogens with one attached hydrogen (secondary N) is 1. The number of amides is 1. The Labute approximate surface area is 103 Å². The third-order valence-electron chi connectivity index (χ3n) is 2.12. The summed E-state index contributed by atoms with van der Waals surface area (Å²) in [6, 6.07) is 7.52. The van der Waals surface area contributed by atoms with Crippen molar-refractivity contribution in [2.45, 2.75) is 11.8 Å². The lowest BCUT2D eigenvalue weighted by Gasteiger charge is -2.07. The van der Waals surface area contributed by atoms with E-state index in [4.69, 9.17) is 0 Å². The number of nitrogens with zero attached hydrogens (tertiary/aromatic N) is 1. The molecule has 1 amide bonds. The maximum atomic E-state index is 12.0. The predicted molar refractivity (Wildman–Crippen MR) is 67.3 cm³/mol. The van der Waals surface area contributed by atoms with E-state index in [9.17, 15) is 4.79 Å². The van der Waals surface area contributed by atoms with Crippen molar-refractivity contribution in [1.82, 2.24) is 5.16 Å². The van der Waals surface area contributed by atoms with Gasteiger partial charge >= 0.3 is 0 Å². The first-order valence-electron chi connectivity index (χ1n) is 5.24. The first kappa shape index (κ1) is 11.7. The van der Waals surface area contributed by atoms with Crippen LogP contribution in [0.4, 0.5) is 5.69 Å². The van der Waals surface area contributed by atoms with Crippen molar-refractivity contribution < 1.29 is 9.32 Å². The molecule has 0 radical (unpaired) electrons. The highest BCUT2D eigenvalue weighted by atomic mass is 32.2. The predicted octanol–water partition coefficient (Wildman–Crippen LogP) is 3.04. The highest BCUT2D eigenvalue weighted by Crippen LogP contribution is 2.23. The van der Waals surface area contributed by atoms with Gasteiger partial charge in [0, 0.05) is 4.90 Å². The first-order valence-corrected chi connectivity index (χ1v) is 6.22. The summed E-state index contributed by atoms with van der Waals surface area (Å²) in [5.41, 5.74) is 1.23. The van der Waals surface area contributed by atoms with Crippen molar-refractivity contribution in [2.24, 2.45) is 0 Å². The van der Waals surface area contributed by atoms with Gasteiger partial charge in [-0.05, 0) is 17.9 Å². The van der Waals surface area contributed by atoms with Crippen molar-refractivity contribution in [3.8, 4) is 0 Å². The SMILES string of the molecule is CCSc1ccccc1C(=O)Nc1cnoc1. The number of hydrogen-bond acceptors (Lipinski definition) is 4. The molecule has 0 fully saturated rings. The lowest BCUT2D eigenvalue weighted by atomic mass is 10.2. The molecule has 0 aliphatic rings. The van der Waals surface area contributed by atoms with Crippen LogP contribution in [0.3, 0.4) is 0 Å². The van der Waals surface area contributed by atoms with Crippen molar-refractivity contribution in [3.05, 3.63) is 42.3 Å². The van der Waals surface area contributed by atoms with Gasteiger partial charge in [-0.25, -0.2) is 0 Å². The molecule has 1 aromatic heterocycles. The lowest BCUT2D eigenvalue weighted by molar-refractivity contribution is 0.102. The number of aromatic nitrogens is 1. The van der Waals surface area contributed by atoms with Crippen LogP contribution < -0.4 is 5.32 Å². The van der Waals surface area contributed by atoms with E-state index in [-0.39, 0.29) is 5.91 Å². The Bertz CT molecular complexity index is 497. The van der Waals surface area contributed by atoms with Crippen LogP contribution >= 0.6 is 11.8 Å². The Hall–Kier alpha value is -1.75. The fourth-order valence-corrected chi connectivity index (χ4v) is 2.20. The molecule has 4 nitrogen and oxygen atoms in total. The summed E-state index contributed by atoms with van der Waals surface area (Å²) in [5.74, 6) is 0.780. The third-order valence-corrected chi connectivity index (χ3v) is 3.08. The number of rotatable bonds is 4. The molecule has 17 heavy (non-hydrogen) atoms. The quantitative estimate of drug-likeness (QED) is 0.845. The summed E-state index contributed by atoms with van der Waals surface area (Å²) < 4.78 is 4.66. The normalized spacial score (nSPS) is 10.2. The smallest absolute Gasteiger partial charge is 0.256 e. The zero-order chi connectivity index (χ0) is 12.1. The molecule has 88 valence electrons. The minimum atomic E-state index is -0.148. The average Bonchev–Trinajstić information content (AvgIpc) is 2.83. The van der Waals surface area contributed by atoms with Gasteiger partial charge in [0.25, 0.3) is 5.91 Å². The van der Waals surface area contributed by atoms with Crippen molar-refractivity contribution in [1.29, 1.82) is 0 Å². The highest BCUT2D eigenvalue weighted by molar-refractivity contribution is 7.99. The van der Waals surface area contributed by atoms with Gasteiger partial charge in [-0.2, -0.15) is 0 Å². The fraction of sp³-hybridized carbons (Fsp3) is 0.167. The molecule has 0 saturated heterocycles. The Morgan fingerprint density at radius 1 is 1.47 bits per heavy atom. The minimum Gasteiger partial charge on any atom is -0.363 e. The van der Waals surface area contributed by atoms with Gasteiger partial charge < -0.3 is 9.84 Å². The van der Waals surface area contributed by atoms with Gasteiger partial charge in [0.15, 0.2) is 0 Å². The lowest BCUT2D eigenvalue weighted by Crippen LogP contribution is -2.12. The number of carbonyl (C=O) groups is 1. The maximum Gasteiger partial charge on any atom is 0.256 e. The molecule has 1 N–H and O–H groups in total. The molecule has 2 aromatic rings. The number of hydrogen-bond donors (Lipinski definition) is 1. The summed E-state index contributed by atoms with van der Waals surface area (Å²) in [5, 5.41) is 6.26. The molecule has 0 atom stereocenters. The van der Waals surface area contributed by atoms with E-state index in [1.807, 2.05) is 18.2 Å². The van der Waals surface area contributed by atoms with E-state index < -0.39 is 0 Å². The van der Waals surface area contributed by atoms with E-state index in [0.29, 0.717) is 11.3 Å². The van der Waals surface area contributed by atoms with Gasteiger partial charge in [-0.15, -0.1) is 11.8 Å². The van der Waals surface area contributed by atoms with Crippen LogP contribution in [-0.4, -0.2) is 16.8 Å². The van der Waals surface area contributed by atoms with E-state index in [2.05, 4.69) is 21.9 Å². The second kappa shape index (κ2) is 5.54. The monoisotopic (exact) mass is 248 g/mol. The minimum absolute atomic E-state index is 0.148. The van der Waals surface area contributed by atoms with E-state index >= 15 is 0 Å². The van der Waals surface area contributed by atoms with E-state index in [0.717, 1.165) is 10.6 Å². The molecule has 5 heteroatoms. The summed E-state index contributed by atoms with van der Waals surface area (Å²) in [4.78, 5) is 13.0. The zero-order valence-electron chi connectivity index (χ0n) is 9.34. The second-order valence-electron chi connectivity index (χ2n) is 3.30. The van der Waals surface area contributed by atoms with Crippen LogP contribution in [0.15, 0.2) is 46.1 Å². The molecule has 1 heterocycles. The number of thioether (sulfide) groups is 1. The highest BCUT2D eigenvalue weighted by Gasteiger charge is 2.11. The molecule has 0 unspecified atom stereocenters.